The molecule has 1 atom stereocenters. The summed E-state index contributed by atoms with van der Waals surface area (Å²) in [6, 6.07) is 14.2. The highest BCUT2D eigenvalue weighted by molar-refractivity contribution is 5.68. The molecule has 2 aliphatic rings. The first-order valence-electron chi connectivity index (χ1n) is 9.08. The zero-order valence-electron chi connectivity index (χ0n) is 15.8. The molecule has 0 amide bonds. The molecule has 1 unspecified atom stereocenters. The van der Waals surface area contributed by atoms with E-state index in [2.05, 4.69) is 31.3 Å². The van der Waals surface area contributed by atoms with Crippen LogP contribution in [0.1, 0.15) is 29.3 Å². The van der Waals surface area contributed by atoms with Crippen LogP contribution in [-0.2, 0) is 5.72 Å². The van der Waals surface area contributed by atoms with Crippen molar-refractivity contribution in [2.24, 2.45) is 0 Å². The van der Waals surface area contributed by atoms with Gasteiger partial charge in [-0.15, -0.1) is 0 Å². The number of nitrogens with zero attached hydrogens (tertiary/aromatic N) is 2. The fourth-order valence-corrected chi connectivity index (χ4v) is 3.86. The van der Waals surface area contributed by atoms with Crippen LogP contribution < -0.4 is 14.8 Å². The van der Waals surface area contributed by atoms with E-state index in [1.807, 2.05) is 54.9 Å². The monoisotopic (exact) mass is 359 g/mol. The number of hydrogen-bond donors (Lipinski definition) is 1. The van der Waals surface area contributed by atoms with Gasteiger partial charge >= 0.3 is 0 Å². The molecule has 2 aliphatic heterocycles. The minimum atomic E-state index is -0.808. The van der Waals surface area contributed by atoms with Gasteiger partial charge in [0.05, 0.1) is 17.1 Å². The fourth-order valence-electron chi connectivity index (χ4n) is 3.86. The maximum atomic E-state index is 6.48. The molecule has 0 aliphatic carbocycles. The summed E-state index contributed by atoms with van der Waals surface area (Å²) in [6.07, 6.45) is 1.99. The lowest BCUT2D eigenvalue weighted by molar-refractivity contribution is 0.153. The van der Waals surface area contributed by atoms with Gasteiger partial charge in [-0.2, -0.15) is 5.10 Å². The molecule has 0 radical (unpaired) electrons. The topological polar surface area (TPSA) is 48.3 Å². The molecule has 5 heteroatoms. The first-order valence-corrected chi connectivity index (χ1v) is 9.08. The second-order valence-corrected chi connectivity index (χ2v) is 7.27. The van der Waals surface area contributed by atoms with Gasteiger partial charge in [0.2, 0.25) is 11.6 Å². The zero-order valence-corrected chi connectivity index (χ0v) is 15.8. The predicted octanol–water partition coefficient (Wildman–Crippen LogP) is 4.75. The van der Waals surface area contributed by atoms with Gasteiger partial charge < -0.3 is 14.8 Å². The Morgan fingerprint density at radius 1 is 1.00 bits per heavy atom. The summed E-state index contributed by atoms with van der Waals surface area (Å²) < 4.78 is 14.4. The second kappa shape index (κ2) is 5.39. The number of fused-ring (bicyclic) bond motifs is 3. The van der Waals surface area contributed by atoms with Crippen molar-refractivity contribution < 1.29 is 9.47 Å². The Bertz CT molecular complexity index is 1070. The maximum Gasteiger partial charge on any atom is 0.237 e. The van der Waals surface area contributed by atoms with Crippen LogP contribution in [0.15, 0.2) is 54.3 Å². The quantitative estimate of drug-likeness (QED) is 0.681. The molecular formula is C22H21N3O2. The van der Waals surface area contributed by atoms with Crippen LogP contribution in [0.4, 0.5) is 5.69 Å². The molecule has 5 rings (SSSR count). The average molecular weight is 359 g/mol. The Kier molecular flexibility index (Phi) is 3.20. The Balaban J connectivity index is 1.69. The lowest BCUT2D eigenvalue weighted by Gasteiger charge is -2.31. The van der Waals surface area contributed by atoms with Gasteiger partial charge in [0.1, 0.15) is 17.1 Å². The number of anilines is 1. The van der Waals surface area contributed by atoms with Gasteiger partial charge in [0, 0.05) is 6.08 Å². The summed E-state index contributed by atoms with van der Waals surface area (Å²) in [5, 5.41) is 8.33. The molecule has 136 valence electrons. The molecule has 1 N–H and O–H groups in total. The van der Waals surface area contributed by atoms with E-state index >= 15 is 0 Å². The largest absolute Gasteiger partial charge is 0.458 e. The van der Waals surface area contributed by atoms with Crippen LogP contribution in [0.5, 0.6) is 11.6 Å². The van der Waals surface area contributed by atoms with Gasteiger partial charge in [-0.25, -0.2) is 4.68 Å². The molecule has 1 aromatic heterocycles. The second-order valence-electron chi connectivity index (χ2n) is 7.27. The zero-order chi connectivity index (χ0) is 18.8. The lowest BCUT2D eigenvalue weighted by atomic mass is 10.00. The van der Waals surface area contributed by atoms with Crippen molar-refractivity contribution in [3.05, 3.63) is 76.7 Å². The van der Waals surface area contributed by atoms with E-state index in [0.29, 0.717) is 5.88 Å². The molecule has 2 aromatic carbocycles. The van der Waals surface area contributed by atoms with Crippen molar-refractivity contribution in [1.29, 1.82) is 0 Å². The van der Waals surface area contributed by atoms with E-state index in [-0.39, 0.29) is 0 Å². The Morgan fingerprint density at radius 2 is 1.74 bits per heavy atom. The number of para-hydroxylation sites is 1. The van der Waals surface area contributed by atoms with E-state index in [4.69, 9.17) is 14.6 Å². The normalized spacial score (nSPS) is 19.6. The van der Waals surface area contributed by atoms with Crippen molar-refractivity contribution in [3.8, 4) is 17.3 Å². The third-order valence-corrected chi connectivity index (χ3v) is 5.24. The Hall–Kier alpha value is -3.21. The van der Waals surface area contributed by atoms with E-state index in [9.17, 15) is 0 Å². The number of nitrogens with one attached hydrogen (secondary N) is 1. The molecule has 0 fully saturated rings. The van der Waals surface area contributed by atoms with Crippen LogP contribution in [0.25, 0.3) is 5.69 Å². The fraction of sp³-hybridized carbons (Fsp3) is 0.227. The summed E-state index contributed by atoms with van der Waals surface area (Å²) in [4.78, 5) is 0. The minimum absolute atomic E-state index is 0.687. The van der Waals surface area contributed by atoms with Crippen LogP contribution in [0.2, 0.25) is 0 Å². The molecular weight excluding hydrogens is 338 g/mol. The summed E-state index contributed by atoms with van der Waals surface area (Å²) >= 11 is 0. The third-order valence-electron chi connectivity index (χ3n) is 5.24. The summed E-state index contributed by atoms with van der Waals surface area (Å²) in [5.41, 5.74) is 5.34. The highest BCUT2D eigenvalue weighted by atomic mass is 16.5. The van der Waals surface area contributed by atoms with Crippen molar-refractivity contribution in [2.75, 3.05) is 5.32 Å². The van der Waals surface area contributed by atoms with Crippen molar-refractivity contribution >= 4 is 5.69 Å². The van der Waals surface area contributed by atoms with Crippen molar-refractivity contribution in [1.82, 2.24) is 9.78 Å². The first-order chi connectivity index (χ1) is 13.0. The molecule has 0 saturated carbocycles. The molecule has 5 nitrogen and oxygen atoms in total. The van der Waals surface area contributed by atoms with Crippen LogP contribution in [0.3, 0.4) is 0 Å². The average Bonchev–Trinajstić information content (AvgIpc) is 3.14. The number of benzene rings is 2. The molecule has 3 aromatic rings. The Morgan fingerprint density at radius 3 is 2.52 bits per heavy atom. The number of allylic oxidation sites excluding steroid dienone is 1. The smallest absolute Gasteiger partial charge is 0.237 e. The molecule has 27 heavy (non-hydrogen) atoms. The van der Waals surface area contributed by atoms with E-state index in [1.54, 1.807) is 0 Å². The first kappa shape index (κ1) is 16.0. The number of hydrogen-bond acceptors (Lipinski definition) is 4. The number of aromatic nitrogens is 2. The van der Waals surface area contributed by atoms with Gasteiger partial charge in [-0.1, -0.05) is 18.2 Å². The SMILES string of the molecule is CC1=CC2(Nc3cc(C)c(C)cc3O2)c2c(C)nn(-c3ccccc3)c2O1. The summed E-state index contributed by atoms with van der Waals surface area (Å²) in [7, 11) is 0. The van der Waals surface area contributed by atoms with Crippen LogP contribution in [0, 0.1) is 20.8 Å². The standard InChI is InChI=1S/C22H21N3O2/c1-13-10-18-19(11-14(13)2)27-22(23-18)12-15(3)26-21-20(22)16(4)24-25(21)17-8-6-5-7-9-17/h5-12,23H,1-4H3. The van der Waals surface area contributed by atoms with Gasteiger partial charge in [0.25, 0.3) is 0 Å². The lowest BCUT2D eigenvalue weighted by Crippen LogP contribution is -2.38. The number of ether oxygens (including phenoxy) is 2. The van der Waals surface area contributed by atoms with E-state index in [1.165, 1.54) is 11.1 Å². The number of rotatable bonds is 1. The third kappa shape index (κ3) is 2.28. The van der Waals surface area contributed by atoms with Gasteiger partial charge in [-0.3, -0.25) is 0 Å². The van der Waals surface area contributed by atoms with Gasteiger partial charge in [-0.05, 0) is 63.1 Å². The number of aryl methyl sites for hydroxylation is 3. The van der Waals surface area contributed by atoms with Crippen LogP contribution >= 0.6 is 0 Å². The molecule has 0 bridgehead atoms. The minimum Gasteiger partial charge on any atom is -0.458 e. The predicted molar refractivity (Wildman–Crippen MR) is 105 cm³/mol. The van der Waals surface area contributed by atoms with Crippen LogP contribution in [-0.4, -0.2) is 9.78 Å². The maximum absolute atomic E-state index is 6.48. The summed E-state index contributed by atoms with van der Waals surface area (Å²) in [5.74, 6) is 2.31. The highest BCUT2D eigenvalue weighted by Gasteiger charge is 2.47. The van der Waals surface area contributed by atoms with Crippen molar-refractivity contribution in [3.63, 3.8) is 0 Å². The van der Waals surface area contributed by atoms with Gasteiger partial charge in [0.15, 0.2) is 0 Å². The van der Waals surface area contributed by atoms with E-state index < -0.39 is 5.72 Å². The van der Waals surface area contributed by atoms with Crippen molar-refractivity contribution in [2.45, 2.75) is 33.4 Å². The van der Waals surface area contributed by atoms with E-state index in [0.717, 1.165) is 34.1 Å². The summed E-state index contributed by atoms with van der Waals surface area (Å²) in [6.45, 7) is 8.13. The Labute approximate surface area is 158 Å². The molecule has 3 heterocycles. The molecule has 0 saturated heterocycles. The molecule has 1 spiro atoms. The highest BCUT2D eigenvalue weighted by Crippen LogP contribution is 2.50.